The second-order valence-electron chi connectivity index (χ2n) is 5.88. The van der Waals surface area contributed by atoms with E-state index >= 15 is 0 Å². The van der Waals surface area contributed by atoms with Gasteiger partial charge < -0.3 is 11.1 Å². The molecule has 0 aliphatic heterocycles. The van der Waals surface area contributed by atoms with Gasteiger partial charge in [0.25, 0.3) is 0 Å². The number of hydrogen-bond acceptors (Lipinski definition) is 2. The summed E-state index contributed by atoms with van der Waals surface area (Å²) in [5.41, 5.74) is 6.62. The third-order valence-corrected chi connectivity index (χ3v) is 4.21. The highest BCUT2D eigenvalue weighted by Crippen LogP contribution is 2.27. The first kappa shape index (κ1) is 15.5. The summed E-state index contributed by atoms with van der Waals surface area (Å²) in [6, 6.07) is 7.07. The van der Waals surface area contributed by atoms with Crippen LogP contribution in [0.4, 0.5) is 0 Å². The number of amides is 2. The summed E-state index contributed by atoms with van der Waals surface area (Å²) in [5.74, 6) is 0.369. The van der Waals surface area contributed by atoms with Gasteiger partial charge in [-0.25, -0.2) is 0 Å². The van der Waals surface area contributed by atoms with Gasteiger partial charge in [0.1, 0.15) is 0 Å². The monoisotopic (exact) mass is 288 g/mol. The number of carbonyl (C=O) groups excluding carboxylic acids is 2. The average Bonchev–Trinajstić information content (AvgIpc) is 2.52. The minimum absolute atomic E-state index is 0.0880. The molecular formula is C17H24N2O2. The average molecular weight is 288 g/mol. The molecule has 3 N–H and O–H groups in total. The van der Waals surface area contributed by atoms with Crippen molar-refractivity contribution in [2.45, 2.75) is 51.5 Å². The van der Waals surface area contributed by atoms with Crippen LogP contribution in [0.2, 0.25) is 0 Å². The molecule has 0 bridgehead atoms. The quantitative estimate of drug-likeness (QED) is 0.844. The van der Waals surface area contributed by atoms with Crippen LogP contribution < -0.4 is 11.1 Å². The van der Waals surface area contributed by atoms with Crippen molar-refractivity contribution >= 4 is 11.8 Å². The normalized spacial score (nSPS) is 15.6. The highest BCUT2D eigenvalue weighted by molar-refractivity contribution is 5.92. The minimum atomic E-state index is -0.444. The van der Waals surface area contributed by atoms with Gasteiger partial charge in [-0.1, -0.05) is 44.2 Å². The van der Waals surface area contributed by atoms with E-state index in [1.165, 1.54) is 32.1 Å². The van der Waals surface area contributed by atoms with Crippen LogP contribution in [0.25, 0.3) is 0 Å². The molecule has 2 rings (SSSR count). The fraction of sp³-hybridized carbons (Fsp3) is 0.529. The number of carbonyl (C=O) groups is 2. The van der Waals surface area contributed by atoms with Gasteiger partial charge in [-0.2, -0.15) is 0 Å². The summed E-state index contributed by atoms with van der Waals surface area (Å²) < 4.78 is 0. The van der Waals surface area contributed by atoms with Gasteiger partial charge in [-0.3, -0.25) is 9.59 Å². The van der Waals surface area contributed by atoms with Crippen molar-refractivity contribution in [2.75, 3.05) is 0 Å². The Hall–Kier alpha value is -1.84. The van der Waals surface area contributed by atoms with Gasteiger partial charge in [0, 0.05) is 18.5 Å². The Morgan fingerprint density at radius 3 is 2.67 bits per heavy atom. The van der Waals surface area contributed by atoms with Gasteiger partial charge >= 0.3 is 0 Å². The van der Waals surface area contributed by atoms with Crippen molar-refractivity contribution in [1.82, 2.24) is 5.32 Å². The zero-order valence-electron chi connectivity index (χ0n) is 12.4. The van der Waals surface area contributed by atoms with Gasteiger partial charge in [0.05, 0.1) is 0 Å². The van der Waals surface area contributed by atoms with E-state index in [9.17, 15) is 9.59 Å². The SMILES string of the molecule is NC(=O)c1cccc(CNC(=O)CCC2CCCCC2)c1. The summed E-state index contributed by atoms with van der Waals surface area (Å²) >= 11 is 0. The molecule has 0 atom stereocenters. The molecule has 0 spiro atoms. The maximum Gasteiger partial charge on any atom is 0.248 e. The number of hydrogen-bond donors (Lipinski definition) is 2. The van der Waals surface area contributed by atoms with Gasteiger partial charge in [0.15, 0.2) is 0 Å². The Morgan fingerprint density at radius 2 is 1.95 bits per heavy atom. The lowest BCUT2D eigenvalue weighted by Crippen LogP contribution is -2.23. The van der Waals surface area contributed by atoms with Crippen molar-refractivity contribution in [3.8, 4) is 0 Å². The first-order valence-electron chi connectivity index (χ1n) is 7.80. The van der Waals surface area contributed by atoms with E-state index < -0.39 is 5.91 Å². The van der Waals surface area contributed by atoms with Gasteiger partial charge in [0.2, 0.25) is 11.8 Å². The van der Waals surface area contributed by atoms with E-state index in [0.717, 1.165) is 17.9 Å². The maximum absolute atomic E-state index is 11.9. The second-order valence-corrected chi connectivity index (χ2v) is 5.88. The molecule has 114 valence electrons. The van der Waals surface area contributed by atoms with E-state index in [-0.39, 0.29) is 5.91 Å². The van der Waals surface area contributed by atoms with E-state index in [1.807, 2.05) is 6.07 Å². The summed E-state index contributed by atoms with van der Waals surface area (Å²) in [5, 5.41) is 2.91. The van der Waals surface area contributed by atoms with Crippen molar-refractivity contribution in [3.63, 3.8) is 0 Å². The number of benzene rings is 1. The van der Waals surface area contributed by atoms with E-state index in [0.29, 0.717) is 18.5 Å². The third-order valence-electron chi connectivity index (χ3n) is 4.21. The molecule has 0 radical (unpaired) electrons. The Bertz CT molecular complexity index is 493. The Balaban J connectivity index is 1.73. The molecule has 0 heterocycles. The first-order chi connectivity index (χ1) is 10.1. The molecule has 0 unspecified atom stereocenters. The van der Waals surface area contributed by atoms with Crippen molar-refractivity contribution < 1.29 is 9.59 Å². The molecule has 1 aromatic carbocycles. The van der Waals surface area contributed by atoms with E-state index in [1.54, 1.807) is 18.2 Å². The summed E-state index contributed by atoms with van der Waals surface area (Å²) in [6.45, 7) is 0.449. The van der Waals surface area contributed by atoms with Crippen molar-refractivity contribution in [3.05, 3.63) is 35.4 Å². The first-order valence-corrected chi connectivity index (χ1v) is 7.80. The zero-order chi connectivity index (χ0) is 15.1. The Labute approximate surface area is 126 Å². The van der Waals surface area contributed by atoms with Crippen LogP contribution in [-0.2, 0) is 11.3 Å². The van der Waals surface area contributed by atoms with Crippen LogP contribution in [-0.4, -0.2) is 11.8 Å². The predicted molar refractivity (Wildman–Crippen MR) is 82.6 cm³/mol. The smallest absolute Gasteiger partial charge is 0.248 e. The fourth-order valence-electron chi connectivity index (χ4n) is 2.93. The van der Waals surface area contributed by atoms with Crippen LogP contribution in [0, 0.1) is 5.92 Å². The fourth-order valence-corrected chi connectivity index (χ4v) is 2.93. The van der Waals surface area contributed by atoms with Gasteiger partial charge in [-0.15, -0.1) is 0 Å². The van der Waals surface area contributed by atoms with Crippen molar-refractivity contribution in [1.29, 1.82) is 0 Å². The zero-order valence-corrected chi connectivity index (χ0v) is 12.4. The molecule has 21 heavy (non-hydrogen) atoms. The lowest BCUT2D eigenvalue weighted by Gasteiger charge is -2.21. The molecule has 0 aromatic heterocycles. The molecule has 1 saturated carbocycles. The molecule has 1 fully saturated rings. The number of rotatable bonds is 6. The minimum Gasteiger partial charge on any atom is -0.366 e. The summed E-state index contributed by atoms with van der Waals surface area (Å²) in [6.07, 6.45) is 8.10. The van der Waals surface area contributed by atoms with Crippen LogP contribution in [0.15, 0.2) is 24.3 Å². The molecule has 1 aromatic rings. The lowest BCUT2D eigenvalue weighted by atomic mass is 9.86. The topological polar surface area (TPSA) is 72.2 Å². The number of nitrogens with one attached hydrogen (secondary N) is 1. The number of nitrogens with two attached hydrogens (primary N) is 1. The molecule has 4 nitrogen and oxygen atoms in total. The van der Waals surface area contributed by atoms with Crippen LogP contribution in [0.1, 0.15) is 60.9 Å². The number of primary amides is 1. The largest absolute Gasteiger partial charge is 0.366 e. The summed E-state index contributed by atoms with van der Waals surface area (Å²) in [7, 11) is 0. The standard InChI is InChI=1S/C17H24N2O2/c18-17(21)15-8-4-7-14(11-15)12-19-16(20)10-9-13-5-2-1-3-6-13/h4,7-8,11,13H,1-3,5-6,9-10,12H2,(H2,18,21)(H,19,20). The highest BCUT2D eigenvalue weighted by atomic mass is 16.1. The molecule has 1 aliphatic carbocycles. The lowest BCUT2D eigenvalue weighted by molar-refractivity contribution is -0.121. The maximum atomic E-state index is 11.9. The molecular weight excluding hydrogens is 264 g/mol. The summed E-state index contributed by atoms with van der Waals surface area (Å²) in [4.78, 5) is 23.0. The highest BCUT2D eigenvalue weighted by Gasteiger charge is 2.14. The van der Waals surface area contributed by atoms with Crippen molar-refractivity contribution in [2.24, 2.45) is 11.7 Å². The Morgan fingerprint density at radius 1 is 1.19 bits per heavy atom. The molecule has 1 aliphatic rings. The third kappa shape index (κ3) is 5.21. The van der Waals surface area contributed by atoms with Crippen LogP contribution in [0.3, 0.4) is 0 Å². The Kier molecular flexibility index (Phi) is 5.78. The second kappa shape index (κ2) is 7.81. The van der Waals surface area contributed by atoms with E-state index in [2.05, 4.69) is 5.32 Å². The van der Waals surface area contributed by atoms with Gasteiger partial charge in [-0.05, 0) is 30.0 Å². The van der Waals surface area contributed by atoms with Crippen LogP contribution in [0.5, 0.6) is 0 Å². The molecule has 4 heteroatoms. The molecule has 0 saturated heterocycles. The molecule has 2 amide bonds. The van der Waals surface area contributed by atoms with E-state index in [4.69, 9.17) is 5.73 Å². The van der Waals surface area contributed by atoms with Crippen LogP contribution >= 0.6 is 0 Å². The predicted octanol–water partition coefficient (Wildman–Crippen LogP) is 2.76.